The predicted molar refractivity (Wildman–Crippen MR) is 121 cm³/mol. The first-order chi connectivity index (χ1) is 14.5. The average molecular weight is 432 g/mol. The lowest BCUT2D eigenvalue weighted by Gasteiger charge is -2.38. The minimum Gasteiger partial charge on any atom is -0.379 e. The smallest absolute Gasteiger partial charge is 0.240 e. The Morgan fingerprint density at radius 1 is 1.23 bits per heavy atom. The summed E-state index contributed by atoms with van der Waals surface area (Å²) in [5.41, 5.74) is 2.11. The molecule has 0 radical (unpaired) electrons. The third-order valence-electron chi connectivity index (χ3n) is 5.99. The Bertz CT molecular complexity index is 866. The van der Waals surface area contributed by atoms with E-state index in [4.69, 9.17) is 17.0 Å². The van der Waals surface area contributed by atoms with Crippen LogP contribution >= 0.6 is 12.2 Å². The number of nitrogens with one attached hydrogen (secondary N) is 2. The Labute approximate surface area is 183 Å². The van der Waals surface area contributed by atoms with Crippen LogP contribution in [0.15, 0.2) is 24.3 Å². The fourth-order valence-electron chi connectivity index (χ4n) is 4.14. The number of nitrogens with zero attached hydrogens (tertiary/aromatic N) is 3. The molecule has 2 aromatic rings. The van der Waals surface area contributed by atoms with E-state index < -0.39 is 0 Å². The highest BCUT2D eigenvalue weighted by molar-refractivity contribution is 7.71. The number of aromatic amines is 1. The molecule has 0 aliphatic carbocycles. The van der Waals surface area contributed by atoms with E-state index >= 15 is 0 Å². The van der Waals surface area contributed by atoms with Gasteiger partial charge in [0.25, 0.3) is 0 Å². The van der Waals surface area contributed by atoms with E-state index in [1.807, 2.05) is 31.2 Å². The molecule has 1 unspecified atom stereocenters. The fourth-order valence-corrected chi connectivity index (χ4v) is 4.34. The van der Waals surface area contributed by atoms with Gasteiger partial charge in [0.2, 0.25) is 5.91 Å². The van der Waals surface area contributed by atoms with Crippen molar-refractivity contribution < 1.29 is 9.53 Å². The van der Waals surface area contributed by atoms with Gasteiger partial charge >= 0.3 is 0 Å². The number of ether oxygens (including phenoxy) is 1. The first-order valence-corrected chi connectivity index (χ1v) is 11.2. The van der Waals surface area contributed by atoms with Crippen LogP contribution in [0.5, 0.6) is 0 Å². The van der Waals surface area contributed by atoms with Gasteiger partial charge in [0.05, 0.1) is 13.2 Å². The second-order valence-corrected chi connectivity index (χ2v) is 8.29. The number of rotatable bonds is 9. The summed E-state index contributed by atoms with van der Waals surface area (Å²) >= 11 is 5.38. The highest BCUT2D eigenvalue weighted by atomic mass is 32.1. The van der Waals surface area contributed by atoms with Gasteiger partial charge in [-0.25, -0.2) is 0 Å². The molecule has 1 fully saturated rings. The van der Waals surface area contributed by atoms with Crippen molar-refractivity contribution in [3.05, 3.63) is 34.6 Å². The maximum absolute atomic E-state index is 12.8. The summed E-state index contributed by atoms with van der Waals surface area (Å²) < 4.78 is 7.72. The van der Waals surface area contributed by atoms with Crippen molar-refractivity contribution in [3.8, 4) is 11.4 Å². The monoisotopic (exact) mass is 431 g/mol. The number of carbonyl (C=O) groups excluding carboxylic acids is 1. The molecule has 1 aromatic carbocycles. The highest BCUT2D eigenvalue weighted by Gasteiger charge is 2.27. The third-order valence-corrected chi connectivity index (χ3v) is 6.30. The van der Waals surface area contributed by atoms with Gasteiger partial charge in [0.15, 0.2) is 10.6 Å². The first-order valence-electron chi connectivity index (χ1n) is 10.8. The van der Waals surface area contributed by atoms with Crippen LogP contribution in [0.3, 0.4) is 0 Å². The number of hydrogen-bond acceptors (Lipinski definition) is 5. The largest absolute Gasteiger partial charge is 0.379 e. The van der Waals surface area contributed by atoms with E-state index in [0.717, 1.165) is 44.7 Å². The molecule has 0 bridgehead atoms. The molecule has 1 aliphatic heterocycles. The SMILES string of the molecule is CCC(CC)C(CNC(=O)Cn1c(-c2ccc(C)cc2)n[nH]c1=S)N1CCOCC1. The predicted octanol–water partition coefficient (Wildman–Crippen LogP) is 3.17. The second-order valence-electron chi connectivity index (χ2n) is 7.90. The first kappa shape index (κ1) is 22.7. The maximum atomic E-state index is 12.8. The number of H-pyrrole nitrogens is 1. The van der Waals surface area contributed by atoms with Gasteiger partial charge in [-0.15, -0.1) is 0 Å². The summed E-state index contributed by atoms with van der Waals surface area (Å²) in [5, 5.41) is 10.3. The van der Waals surface area contributed by atoms with Crippen LogP contribution in [0.1, 0.15) is 32.3 Å². The Balaban J connectivity index is 1.68. The molecule has 30 heavy (non-hydrogen) atoms. The third kappa shape index (κ3) is 5.56. The van der Waals surface area contributed by atoms with Crippen molar-refractivity contribution in [1.82, 2.24) is 25.0 Å². The van der Waals surface area contributed by atoms with Gasteiger partial charge in [-0.1, -0.05) is 56.5 Å². The summed E-state index contributed by atoms with van der Waals surface area (Å²) in [7, 11) is 0. The Morgan fingerprint density at radius 3 is 2.53 bits per heavy atom. The summed E-state index contributed by atoms with van der Waals surface area (Å²) in [6.45, 7) is 10.6. The van der Waals surface area contributed by atoms with Crippen LogP contribution in [0.4, 0.5) is 0 Å². The van der Waals surface area contributed by atoms with Crippen LogP contribution < -0.4 is 5.32 Å². The minimum absolute atomic E-state index is 0.0509. The van der Waals surface area contributed by atoms with Crippen LogP contribution in [-0.2, 0) is 16.1 Å². The standard InChI is InChI=1S/C22H33N5O2S/c1-4-17(5-2)19(26-10-12-29-13-11-26)14-23-20(28)15-27-21(24-25-22(27)30)18-8-6-16(3)7-9-18/h6-9,17,19H,4-5,10-15H2,1-3H3,(H,23,28)(H,25,30). The molecule has 1 amide bonds. The molecule has 8 heteroatoms. The normalized spacial score (nSPS) is 16.0. The zero-order valence-corrected chi connectivity index (χ0v) is 19.0. The molecule has 3 rings (SSSR count). The molecule has 0 saturated carbocycles. The zero-order chi connectivity index (χ0) is 21.5. The van der Waals surface area contributed by atoms with Gasteiger partial charge in [0.1, 0.15) is 6.54 Å². The molecule has 2 N–H and O–H groups in total. The summed E-state index contributed by atoms with van der Waals surface area (Å²) in [5.74, 6) is 1.17. The number of aromatic nitrogens is 3. The Kier molecular flexibility index (Phi) is 8.18. The number of carbonyl (C=O) groups is 1. The Hall–Kier alpha value is -2.03. The molecule has 1 aliphatic rings. The van der Waals surface area contributed by atoms with Crippen molar-refractivity contribution in [2.24, 2.45) is 5.92 Å². The van der Waals surface area contributed by atoms with Gasteiger partial charge in [-0.05, 0) is 25.1 Å². The molecule has 0 spiro atoms. The second kappa shape index (κ2) is 10.8. The van der Waals surface area contributed by atoms with Crippen molar-refractivity contribution in [2.45, 2.75) is 46.2 Å². The lowest BCUT2D eigenvalue weighted by molar-refractivity contribution is -0.122. The molecular formula is C22H33N5O2S. The van der Waals surface area contributed by atoms with E-state index in [0.29, 0.717) is 29.1 Å². The van der Waals surface area contributed by atoms with Crippen LogP contribution in [0, 0.1) is 17.6 Å². The van der Waals surface area contributed by atoms with Crippen molar-refractivity contribution >= 4 is 18.1 Å². The molecule has 1 aromatic heterocycles. The van der Waals surface area contributed by atoms with E-state index in [1.54, 1.807) is 4.57 Å². The van der Waals surface area contributed by atoms with Gasteiger partial charge in [-0.3, -0.25) is 19.4 Å². The summed E-state index contributed by atoms with van der Waals surface area (Å²) in [6, 6.07) is 8.37. The molecule has 1 atom stereocenters. The van der Waals surface area contributed by atoms with E-state index in [2.05, 4.69) is 34.3 Å². The lowest BCUT2D eigenvalue weighted by atomic mass is 9.92. The van der Waals surface area contributed by atoms with Crippen molar-refractivity contribution in [3.63, 3.8) is 0 Å². The van der Waals surface area contributed by atoms with E-state index in [9.17, 15) is 4.79 Å². The van der Waals surface area contributed by atoms with Crippen LogP contribution in [-0.4, -0.2) is 64.5 Å². The number of benzene rings is 1. The number of amides is 1. The molecule has 2 heterocycles. The topological polar surface area (TPSA) is 75.2 Å². The maximum Gasteiger partial charge on any atom is 0.240 e. The molecule has 7 nitrogen and oxygen atoms in total. The van der Waals surface area contributed by atoms with Crippen LogP contribution in [0.25, 0.3) is 11.4 Å². The Morgan fingerprint density at radius 2 is 1.90 bits per heavy atom. The van der Waals surface area contributed by atoms with E-state index in [1.165, 1.54) is 5.56 Å². The van der Waals surface area contributed by atoms with Gasteiger partial charge in [0, 0.05) is 31.2 Å². The van der Waals surface area contributed by atoms with Gasteiger partial charge < -0.3 is 10.1 Å². The molecule has 1 saturated heterocycles. The minimum atomic E-state index is -0.0509. The fraction of sp³-hybridized carbons (Fsp3) is 0.591. The quantitative estimate of drug-likeness (QED) is 0.597. The molecule has 164 valence electrons. The summed E-state index contributed by atoms with van der Waals surface area (Å²) in [4.78, 5) is 15.3. The lowest BCUT2D eigenvalue weighted by Crippen LogP contribution is -2.52. The van der Waals surface area contributed by atoms with Gasteiger partial charge in [-0.2, -0.15) is 5.10 Å². The van der Waals surface area contributed by atoms with Crippen LogP contribution in [0.2, 0.25) is 0 Å². The number of hydrogen-bond donors (Lipinski definition) is 2. The average Bonchev–Trinajstić information content (AvgIpc) is 3.12. The number of aryl methyl sites for hydroxylation is 1. The molecular weight excluding hydrogens is 398 g/mol. The highest BCUT2D eigenvalue weighted by Crippen LogP contribution is 2.20. The summed E-state index contributed by atoms with van der Waals surface area (Å²) in [6.07, 6.45) is 2.19. The number of morpholine rings is 1. The van der Waals surface area contributed by atoms with Crippen molar-refractivity contribution in [1.29, 1.82) is 0 Å². The van der Waals surface area contributed by atoms with E-state index in [-0.39, 0.29) is 12.5 Å². The van der Waals surface area contributed by atoms with Crippen molar-refractivity contribution in [2.75, 3.05) is 32.8 Å². The zero-order valence-electron chi connectivity index (χ0n) is 18.2.